The van der Waals surface area contributed by atoms with Crippen molar-refractivity contribution in [2.75, 3.05) is 0 Å². The zero-order valence-corrected chi connectivity index (χ0v) is 9.92. The predicted octanol–water partition coefficient (Wildman–Crippen LogP) is 0.609. The number of phenolic OH excluding ortho intramolecular Hbond substituents is 2. The van der Waals surface area contributed by atoms with Crippen molar-refractivity contribution in [3.63, 3.8) is 0 Å². The third-order valence-corrected chi connectivity index (χ3v) is 2.24. The Morgan fingerprint density at radius 2 is 1.47 bits per heavy atom. The molecule has 0 radical (unpaired) electrons. The van der Waals surface area contributed by atoms with Crippen molar-refractivity contribution in [2.45, 2.75) is 19.3 Å². The highest BCUT2D eigenvalue weighted by Gasteiger charge is 2.13. The highest BCUT2D eigenvalue weighted by Crippen LogP contribution is 2.19. The van der Waals surface area contributed by atoms with Gasteiger partial charge in [-0.1, -0.05) is 0 Å². The number of nitrogens with one attached hydrogen (secondary N) is 1. The van der Waals surface area contributed by atoms with Crippen molar-refractivity contribution >= 4 is 17.8 Å². The van der Waals surface area contributed by atoms with E-state index in [1.807, 2.05) is 0 Å². The minimum atomic E-state index is -1.18. The lowest BCUT2D eigenvalue weighted by Crippen LogP contribution is -2.33. The first-order valence-corrected chi connectivity index (χ1v) is 5.47. The van der Waals surface area contributed by atoms with Crippen LogP contribution in [0.2, 0.25) is 0 Å². The Morgan fingerprint density at radius 1 is 1.00 bits per heavy atom. The van der Waals surface area contributed by atoms with Crippen LogP contribution in [0.4, 0.5) is 0 Å². The number of carboxylic acid groups (broad SMARTS) is 1. The number of rotatable bonds is 1. The highest BCUT2D eigenvalue weighted by atomic mass is 16.4. The summed E-state index contributed by atoms with van der Waals surface area (Å²) in [5, 5.41) is 28.3. The number of carboxylic acids is 1. The molecular formula is C12H13NO6. The van der Waals surface area contributed by atoms with Crippen LogP contribution in [0.15, 0.2) is 18.2 Å². The highest BCUT2D eigenvalue weighted by molar-refractivity contribution is 5.97. The second-order valence-electron chi connectivity index (χ2n) is 3.87. The summed E-state index contributed by atoms with van der Waals surface area (Å²) < 4.78 is 0. The van der Waals surface area contributed by atoms with Crippen LogP contribution in [0.25, 0.3) is 0 Å². The first-order chi connectivity index (χ1) is 8.88. The molecule has 2 amide bonds. The molecule has 0 aromatic heterocycles. The van der Waals surface area contributed by atoms with Gasteiger partial charge in [-0.15, -0.1) is 0 Å². The minimum absolute atomic E-state index is 0.137. The van der Waals surface area contributed by atoms with Crippen LogP contribution in [0, 0.1) is 0 Å². The van der Waals surface area contributed by atoms with Crippen LogP contribution in [-0.2, 0) is 9.59 Å². The number of amides is 2. The molecule has 0 bridgehead atoms. The van der Waals surface area contributed by atoms with E-state index < -0.39 is 5.97 Å². The van der Waals surface area contributed by atoms with E-state index in [9.17, 15) is 14.4 Å². The third-order valence-electron chi connectivity index (χ3n) is 2.24. The van der Waals surface area contributed by atoms with E-state index in [0.29, 0.717) is 19.3 Å². The van der Waals surface area contributed by atoms with E-state index in [1.54, 1.807) is 0 Å². The van der Waals surface area contributed by atoms with E-state index >= 15 is 0 Å². The maximum atomic E-state index is 10.3. The molecule has 1 aliphatic rings. The quantitative estimate of drug-likeness (QED) is 0.552. The molecule has 2 rings (SSSR count). The molecule has 102 valence electrons. The van der Waals surface area contributed by atoms with Gasteiger partial charge in [0.25, 0.3) is 0 Å². The monoisotopic (exact) mass is 267 g/mol. The molecule has 1 aliphatic heterocycles. The van der Waals surface area contributed by atoms with E-state index in [1.165, 1.54) is 0 Å². The Balaban J connectivity index is 0.000000200. The number of hydrogen-bond donors (Lipinski definition) is 4. The molecule has 19 heavy (non-hydrogen) atoms. The molecule has 0 spiro atoms. The van der Waals surface area contributed by atoms with Gasteiger partial charge in [-0.2, -0.15) is 0 Å². The van der Waals surface area contributed by atoms with Gasteiger partial charge in [0.1, 0.15) is 11.5 Å². The summed E-state index contributed by atoms with van der Waals surface area (Å²) in [6.07, 6.45) is 1.72. The van der Waals surface area contributed by atoms with E-state index in [4.69, 9.17) is 15.3 Å². The molecule has 1 heterocycles. The summed E-state index contributed by atoms with van der Waals surface area (Å²) in [5.41, 5.74) is -0.137. The molecule has 1 aromatic carbocycles. The zero-order valence-electron chi connectivity index (χ0n) is 9.92. The van der Waals surface area contributed by atoms with Crippen molar-refractivity contribution in [2.24, 2.45) is 0 Å². The topological polar surface area (TPSA) is 124 Å². The number of carbonyl (C=O) groups is 3. The smallest absolute Gasteiger partial charge is 0.335 e. The van der Waals surface area contributed by atoms with Crippen LogP contribution in [-0.4, -0.2) is 33.1 Å². The number of carbonyl (C=O) groups excluding carboxylic acids is 2. The Bertz CT molecular complexity index is 477. The van der Waals surface area contributed by atoms with Crippen LogP contribution >= 0.6 is 0 Å². The first-order valence-electron chi connectivity index (χ1n) is 5.47. The lowest BCUT2D eigenvalue weighted by molar-refractivity contribution is -0.132. The van der Waals surface area contributed by atoms with Gasteiger partial charge in [-0.3, -0.25) is 14.9 Å². The number of aromatic hydroxyl groups is 2. The summed E-state index contributed by atoms with van der Waals surface area (Å²) in [7, 11) is 0. The lowest BCUT2D eigenvalue weighted by Gasteiger charge is -2.07. The molecule has 0 unspecified atom stereocenters. The van der Waals surface area contributed by atoms with Crippen LogP contribution in [0.1, 0.15) is 29.6 Å². The second-order valence-corrected chi connectivity index (χ2v) is 3.87. The number of phenols is 2. The van der Waals surface area contributed by atoms with Gasteiger partial charge >= 0.3 is 5.97 Å². The molecule has 0 atom stereocenters. The summed E-state index contributed by atoms with van der Waals surface area (Å²) in [5.74, 6) is -1.98. The van der Waals surface area contributed by atoms with Gasteiger partial charge in [0.2, 0.25) is 11.8 Å². The Morgan fingerprint density at radius 3 is 1.79 bits per heavy atom. The van der Waals surface area contributed by atoms with Gasteiger partial charge in [0, 0.05) is 18.9 Å². The molecule has 1 aromatic rings. The molecule has 7 heteroatoms. The first kappa shape index (κ1) is 14.5. The summed E-state index contributed by atoms with van der Waals surface area (Å²) in [6, 6.07) is 3.18. The van der Waals surface area contributed by atoms with Crippen molar-refractivity contribution in [3.05, 3.63) is 23.8 Å². The zero-order chi connectivity index (χ0) is 14.4. The van der Waals surface area contributed by atoms with Crippen molar-refractivity contribution in [1.29, 1.82) is 0 Å². The number of imide groups is 1. The summed E-state index contributed by atoms with van der Waals surface area (Å²) >= 11 is 0. The largest absolute Gasteiger partial charge is 0.508 e. The molecule has 0 aliphatic carbocycles. The van der Waals surface area contributed by atoms with Gasteiger partial charge < -0.3 is 15.3 Å². The van der Waals surface area contributed by atoms with Gasteiger partial charge in [-0.05, 0) is 18.6 Å². The van der Waals surface area contributed by atoms with E-state index in [-0.39, 0.29) is 28.9 Å². The standard InChI is InChI=1S/C7H6O4.C5H7NO2/c8-5-1-4(7(10)11)2-6(9)3-5;7-4-2-1-3-5(8)6-4/h1-3,8-9H,(H,10,11);1-3H2,(H,6,7,8). The van der Waals surface area contributed by atoms with Crippen molar-refractivity contribution < 1.29 is 29.7 Å². The average molecular weight is 267 g/mol. The second kappa shape index (κ2) is 6.39. The summed E-state index contributed by atoms with van der Waals surface area (Å²) in [4.78, 5) is 31.0. The van der Waals surface area contributed by atoms with Gasteiger partial charge in [0.05, 0.1) is 5.56 Å². The van der Waals surface area contributed by atoms with Crippen LogP contribution in [0.3, 0.4) is 0 Å². The van der Waals surface area contributed by atoms with Crippen molar-refractivity contribution in [1.82, 2.24) is 5.32 Å². The van der Waals surface area contributed by atoms with E-state index in [0.717, 1.165) is 18.2 Å². The molecule has 4 N–H and O–H groups in total. The average Bonchev–Trinajstić information content (AvgIpc) is 2.28. The van der Waals surface area contributed by atoms with Gasteiger partial charge in [-0.25, -0.2) is 4.79 Å². The molecule has 0 saturated carbocycles. The number of benzene rings is 1. The minimum Gasteiger partial charge on any atom is -0.508 e. The Kier molecular flexibility index (Phi) is 4.87. The SMILES string of the molecule is O=C(O)c1cc(O)cc(O)c1.O=C1CCCC(=O)N1. The summed E-state index contributed by atoms with van der Waals surface area (Å²) in [6.45, 7) is 0. The van der Waals surface area contributed by atoms with E-state index in [2.05, 4.69) is 5.32 Å². The fraction of sp³-hybridized carbons (Fsp3) is 0.250. The maximum absolute atomic E-state index is 10.3. The predicted molar refractivity (Wildman–Crippen MR) is 63.7 cm³/mol. The fourth-order valence-corrected chi connectivity index (χ4v) is 1.41. The number of piperidine rings is 1. The number of aromatic carboxylic acids is 1. The van der Waals surface area contributed by atoms with Crippen LogP contribution in [0.5, 0.6) is 11.5 Å². The molecule has 1 saturated heterocycles. The Hall–Kier alpha value is -2.57. The molecule has 7 nitrogen and oxygen atoms in total. The normalized spacial score (nSPS) is 14.1. The molecular weight excluding hydrogens is 254 g/mol. The number of hydrogen-bond acceptors (Lipinski definition) is 5. The van der Waals surface area contributed by atoms with Crippen LogP contribution < -0.4 is 5.32 Å². The maximum Gasteiger partial charge on any atom is 0.335 e. The molecule has 1 fully saturated rings. The lowest BCUT2D eigenvalue weighted by atomic mass is 10.1. The Labute approximate surface area is 108 Å². The van der Waals surface area contributed by atoms with Gasteiger partial charge in [0.15, 0.2) is 0 Å². The third kappa shape index (κ3) is 5.07. The van der Waals surface area contributed by atoms with Crippen molar-refractivity contribution in [3.8, 4) is 11.5 Å². The fourth-order valence-electron chi connectivity index (χ4n) is 1.41.